The largest absolute Gasteiger partial charge is 0.465 e. The summed E-state index contributed by atoms with van der Waals surface area (Å²) in [5.41, 5.74) is 0. The maximum absolute atomic E-state index is 5.70. The fraction of sp³-hybridized carbons (Fsp3) is 0.750. The highest BCUT2D eigenvalue weighted by Gasteiger charge is 2.21. The minimum Gasteiger partial charge on any atom is -0.465 e. The van der Waals surface area contributed by atoms with E-state index >= 15 is 0 Å². The predicted octanol–water partition coefficient (Wildman–Crippen LogP) is 3.50. The van der Waals surface area contributed by atoms with Crippen molar-refractivity contribution in [2.24, 2.45) is 0 Å². The molecule has 1 aromatic heterocycles. The third kappa shape index (κ3) is 4.08. The van der Waals surface area contributed by atoms with E-state index in [0.29, 0.717) is 18.1 Å². The smallest absolute Gasteiger partial charge is 0.120 e. The Kier molecular flexibility index (Phi) is 5.06. The van der Waals surface area contributed by atoms with Crippen molar-refractivity contribution in [3.05, 3.63) is 23.7 Å². The van der Waals surface area contributed by atoms with E-state index in [2.05, 4.69) is 37.1 Å². The molecule has 2 rings (SSSR count). The molecule has 1 saturated heterocycles. The summed E-state index contributed by atoms with van der Waals surface area (Å²) in [5.74, 6) is 2.05. The molecule has 0 bridgehead atoms. The van der Waals surface area contributed by atoms with Crippen molar-refractivity contribution in [1.29, 1.82) is 0 Å². The zero-order valence-electron chi connectivity index (χ0n) is 12.8. The molecule has 1 fully saturated rings. The Morgan fingerprint density at radius 2 is 2.00 bits per heavy atom. The van der Waals surface area contributed by atoms with E-state index in [4.69, 9.17) is 4.42 Å². The summed E-state index contributed by atoms with van der Waals surface area (Å²) in [6, 6.07) is 5.72. The lowest BCUT2D eigenvalue weighted by atomic mass is 10.1. The van der Waals surface area contributed by atoms with Crippen molar-refractivity contribution < 1.29 is 4.42 Å². The Morgan fingerprint density at radius 1 is 1.21 bits per heavy atom. The van der Waals surface area contributed by atoms with Crippen molar-refractivity contribution in [3.63, 3.8) is 0 Å². The normalized spacial score (nSPS) is 23.5. The summed E-state index contributed by atoms with van der Waals surface area (Å²) in [6.45, 7) is 11.2. The molecule has 1 aliphatic heterocycles. The Bertz CT molecular complexity index is 386. The van der Waals surface area contributed by atoms with Crippen LogP contribution in [0.25, 0.3) is 0 Å². The quantitative estimate of drug-likeness (QED) is 0.902. The van der Waals surface area contributed by atoms with Gasteiger partial charge >= 0.3 is 0 Å². The van der Waals surface area contributed by atoms with Crippen LogP contribution < -0.4 is 5.32 Å². The van der Waals surface area contributed by atoms with E-state index in [1.54, 1.807) is 0 Å². The maximum atomic E-state index is 5.70. The lowest BCUT2D eigenvalue weighted by Gasteiger charge is -2.25. The number of furan rings is 1. The van der Waals surface area contributed by atoms with Crippen LogP contribution in [0.2, 0.25) is 0 Å². The fourth-order valence-electron chi connectivity index (χ4n) is 2.92. The predicted molar refractivity (Wildman–Crippen MR) is 79.3 cm³/mol. The molecular weight excluding hydrogens is 236 g/mol. The summed E-state index contributed by atoms with van der Waals surface area (Å²) < 4.78 is 5.70. The van der Waals surface area contributed by atoms with E-state index in [9.17, 15) is 0 Å². The number of rotatable bonds is 4. The summed E-state index contributed by atoms with van der Waals surface area (Å²) in [4.78, 5) is 2.59. The molecular formula is C16H28N2O. The molecule has 1 aromatic rings. The number of likely N-dealkylation sites (tertiary alicyclic amines) is 1. The van der Waals surface area contributed by atoms with E-state index in [1.165, 1.54) is 32.4 Å². The van der Waals surface area contributed by atoms with Gasteiger partial charge in [-0.3, -0.25) is 0 Å². The first kappa shape index (κ1) is 14.6. The highest BCUT2D eigenvalue weighted by atomic mass is 16.3. The van der Waals surface area contributed by atoms with E-state index < -0.39 is 0 Å². The minimum absolute atomic E-state index is 0.310. The van der Waals surface area contributed by atoms with Crippen LogP contribution in [0.5, 0.6) is 0 Å². The number of hydrogen-bond acceptors (Lipinski definition) is 3. The maximum Gasteiger partial charge on any atom is 0.120 e. The van der Waals surface area contributed by atoms with Gasteiger partial charge in [-0.15, -0.1) is 0 Å². The molecule has 2 heterocycles. The van der Waals surface area contributed by atoms with Crippen LogP contribution >= 0.6 is 0 Å². The second-order valence-electron chi connectivity index (χ2n) is 6.09. The second kappa shape index (κ2) is 6.58. The van der Waals surface area contributed by atoms with Crippen LogP contribution in [-0.4, -0.2) is 30.1 Å². The summed E-state index contributed by atoms with van der Waals surface area (Å²) in [5, 5.41) is 3.73. The molecule has 0 aliphatic carbocycles. The van der Waals surface area contributed by atoms with Crippen LogP contribution in [0.3, 0.4) is 0 Å². The number of nitrogens with zero attached hydrogens (tertiary/aromatic N) is 1. The summed E-state index contributed by atoms with van der Waals surface area (Å²) in [7, 11) is 0. The van der Waals surface area contributed by atoms with Gasteiger partial charge in [0.1, 0.15) is 11.5 Å². The lowest BCUT2D eigenvalue weighted by Crippen LogP contribution is -2.34. The first-order valence-electron chi connectivity index (χ1n) is 7.62. The van der Waals surface area contributed by atoms with Gasteiger partial charge in [-0.2, -0.15) is 0 Å². The minimum atomic E-state index is 0.310. The topological polar surface area (TPSA) is 28.4 Å². The Balaban J connectivity index is 1.86. The van der Waals surface area contributed by atoms with Crippen LogP contribution in [0.1, 0.15) is 57.6 Å². The molecule has 108 valence electrons. The highest BCUT2D eigenvalue weighted by molar-refractivity contribution is 5.09. The highest BCUT2D eigenvalue weighted by Crippen LogP contribution is 2.20. The van der Waals surface area contributed by atoms with Crippen molar-refractivity contribution in [2.45, 2.75) is 65.1 Å². The van der Waals surface area contributed by atoms with Crippen LogP contribution in [0.15, 0.2) is 16.5 Å². The molecule has 2 unspecified atom stereocenters. The van der Waals surface area contributed by atoms with Crippen molar-refractivity contribution in [3.8, 4) is 0 Å². The van der Waals surface area contributed by atoms with Crippen LogP contribution in [0, 0.1) is 6.92 Å². The van der Waals surface area contributed by atoms with Gasteiger partial charge in [-0.25, -0.2) is 0 Å². The third-order valence-corrected chi connectivity index (χ3v) is 4.17. The third-order valence-electron chi connectivity index (χ3n) is 4.17. The van der Waals surface area contributed by atoms with Gasteiger partial charge in [0.2, 0.25) is 0 Å². The van der Waals surface area contributed by atoms with Gasteiger partial charge in [0, 0.05) is 12.1 Å². The first-order chi connectivity index (χ1) is 9.06. The SMILES string of the molecule is Cc1ccc(C(C)NC2CCCN(C(C)C)CC2)o1. The second-order valence-corrected chi connectivity index (χ2v) is 6.09. The molecule has 0 aromatic carbocycles. The average Bonchev–Trinajstić information content (AvgIpc) is 2.65. The average molecular weight is 264 g/mol. The van der Waals surface area contributed by atoms with Crippen molar-refractivity contribution in [1.82, 2.24) is 10.2 Å². The molecule has 2 atom stereocenters. The van der Waals surface area contributed by atoms with Gasteiger partial charge in [-0.1, -0.05) is 0 Å². The monoisotopic (exact) mass is 264 g/mol. The standard InChI is InChI=1S/C16H28N2O/c1-12(2)18-10-5-6-15(9-11-18)17-14(4)16-8-7-13(3)19-16/h7-8,12,14-15,17H,5-6,9-11H2,1-4H3. The molecule has 0 spiro atoms. The molecule has 0 radical (unpaired) electrons. The zero-order chi connectivity index (χ0) is 13.8. The fourth-order valence-corrected chi connectivity index (χ4v) is 2.92. The molecule has 1 aliphatic rings. The van der Waals surface area contributed by atoms with Crippen LogP contribution in [0.4, 0.5) is 0 Å². The summed E-state index contributed by atoms with van der Waals surface area (Å²) in [6.07, 6.45) is 3.80. The molecule has 3 nitrogen and oxygen atoms in total. The molecule has 1 N–H and O–H groups in total. The molecule has 3 heteroatoms. The van der Waals surface area contributed by atoms with Gasteiger partial charge in [0.05, 0.1) is 6.04 Å². The van der Waals surface area contributed by atoms with Crippen LogP contribution in [-0.2, 0) is 0 Å². The Morgan fingerprint density at radius 3 is 2.63 bits per heavy atom. The Labute approximate surface area is 117 Å². The molecule has 0 amide bonds. The molecule has 0 saturated carbocycles. The molecule has 19 heavy (non-hydrogen) atoms. The van der Waals surface area contributed by atoms with Gasteiger partial charge in [0.15, 0.2) is 0 Å². The lowest BCUT2D eigenvalue weighted by molar-refractivity contribution is 0.228. The zero-order valence-corrected chi connectivity index (χ0v) is 12.8. The van der Waals surface area contributed by atoms with Gasteiger partial charge in [-0.05, 0) is 72.2 Å². The van der Waals surface area contributed by atoms with Gasteiger partial charge in [0.25, 0.3) is 0 Å². The van der Waals surface area contributed by atoms with Crippen molar-refractivity contribution in [2.75, 3.05) is 13.1 Å². The van der Waals surface area contributed by atoms with E-state index in [-0.39, 0.29) is 0 Å². The number of hydrogen-bond donors (Lipinski definition) is 1. The first-order valence-corrected chi connectivity index (χ1v) is 7.62. The summed E-state index contributed by atoms with van der Waals surface area (Å²) >= 11 is 0. The number of nitrogens with one attached hydrogen (secondary N) is 1. The van der Waals surface area contributed by atoms with E-state index in [1.807, 2.05) is 13.0 Å². The van der Waals surface area contributed by atoms with Gasteiger partial charge < -0.3 is 14.6 Å². The van der Waals surface area contributed by atoms with E-state index in [0.717, 1.165) is 11.5 Å². The van der Waals surface area contributed by atoms with Crippen molar-refractivity contribution >= 4 is 0 Å². The Hall–Kier alpha value is -0.800. The number of aryl methyl sites for hydroxylation is 1.